The molecule has 0 radical (unpaired) electrons. The van der Waals surface area contributed by atoms with E-state index in [4.69, 9.17) is 5.73 Å². The number of carbonyl (C=O) groups excluding carboxylic acids is 1. The van der Waals surface area contributed by atoms with Crippen molar-refractivity contribution < 1.29 is 4.79 Å². The molecule has 5 nitrogen and oxygen atoms in total. The Bertz CT molecular complexity index is 621. The third-order valence-corrected chi connectivity index (χ3v) is 3.48. The normalized spacial score (nSPS) is 10.5. The second-order valence-electron chi connectivity index (χ2n) is 4.26. The summed E-state index contributed by atoms with van der Waals surface area (Å²) in [5, 5.41) is 9.50. The second-order valence-corrected chi connectivity index (χ2v) is 5.11. The van der Waals surface area contributed by atoms with Crippen LogP contribution in [0.4, 0.5) is 11.4 Å². The maximum absolute atomic E-state index is 12.1. The summed E-state index contributed by atoms with van der Waals surface area (Å²) in [4.78, 5) is 12.1. The van der Waals surface area contributed by atoms with Gasteiger partial charge in [-0.3, -0.25) is 9.89 Å². The van der Waals surface area contributed by atoms with Crippen LogP contribution in [0.1, 0.15) is 28.7 Å². The molecule has 0 spiro atoms. The van der Waals surface area contributed by atoms with Crippen molar-refractivity contribution in [3.05, 3.63) is 39.6 Å². The molecule has 0 atom stereocenters. The highest BCUT2D eigenvalue weighted by atomic mass is 79.9. The van der Waals surface area contributed by atoms with Gasteiger partial charge in [-0.25, -0.2) is 0 Å². The topological polar surface area (TPSA) is 83.8 Å². The van der Waals surface area contributed by atoms with Gasteiger partial charge in [0.15, 0.2) is 5.69 Å². The molecule has 0 aliphatic rings. The monoisotopic (exact) mass is 322 g/mol. The van der Waals surface area contributed by atoms with Crippen LogP contribution in [0.5, 0.6) is 0 Å². The van der Waals surface area contributed by atoms with Crippen molar-refractivity contribution in [1.82, 2.24) is 10.2 Å². The number of aromatic nitrogens is 2. The van der Waals surface area contributed by atoms with Crippen molar-refractivity contribution in [2.45, 2.75) is 20.3 Å². The van der Waals surface area contributed by atoms with Crippen LogP contribution in [0.15, 0.2) is 22.7 Å². The number of benzene rings is 1. The number of nitrogens with one attached hydrogen (secondary N) is 2. The number of rotatable bonds is 3. The van der Waals surface area contributed by atoms with Gasteiger partial charge in [-0.05, 0) is 47.0 Å². The summed E-state index contributed by atoms with van der Waals surface area (Å²) in [6, 6.07) is 5.69. The van der Waals surface area contributed by atoms with Gasteiger partial charge in [0, 0.05) is 4.47 Å². The summed E-state index contributed by atoms with van der Waals surface area (Å²) >= 11 is 3.41. The first-order chi connectivity index (χ1) is 9.02. The van der Waals surface area contributed by atoms with Gasteiger partial charge in [-0.15, -0.1) is 0 Å². The van der Waals surface area contributed by atoms with Crippen molar-refractivity contribution >= 4 is 33.2 Å². The molecule has 100 valence electrons. The van der Waals surface area contributed by atoms with Crippen LogP contribution < -0.4 is 11.1 Å². The van der Waals surface area contributed by atoms with Crippen LogP contribution in [0.25, 0.3) is 0 Å². The maximum Gasteiger partial charge on any atom is 0.278 e. The lowest BCUT2D eigenvalue weighted by Crippen LogP contribution is -2.14. The molecule has 0 bridgehead atoms. The van der Waals surface area contributed by atoms with Crippen LogP contribution in [-0.4, -0.2) is 16.1 Å². The zero-order chi connectivity index (χ0) is 14.0. The molecule has 0 saturated carbocycles. The van der Waals surface area contributed by atoms with E-state index in [1.54, 1.807) is 0 Å². The molecule has 0 saturated heterocycles. The molecule has 6 heteroatoms. The number of halogens is 1. The first-order valence-electron chi connectivity index (χ1n) is 5.93. The van der Waals surface area contributed by atoms with Crippen molar-refractivity contribution in [3.63, 3.8) is 0 Å². The van der Waals surface area contributed by atoms with Crippen molar-refractivity contribution in [1.29, 1.82) is 0 Å². The molecule has 19 heavy (non-hydrogen) atoms. The van der Waals surface area contributed by atoms with Gasteiger partial charge in [-0.1, -0.05) is 13.0 Å². The lowest BCUT2D eigenvalue weighted by Gasteiger charge is -2.07. The average Bonchev–Trinajstić information content (AvgIpc) is 2.74. The summed E-state index contributed by atoms with van der Waals surface area (Å²) in [6.45, 7) is 3.93. The minimum Gasteiger partial charge on any atom is -0.395 e. The van der Waals surface area contributed by atoms with Gasteiger partial charge in [0.05, 0.1) is 17.1 Å². The predicted molar refractivity (Wildman–Crippen MR) is 79.2 cm³/mol. The molecule has 1 amide bonds. The number of anilines is 2. The summed E-state index contributed by atoms with van der Waals surface area (Å²) in [7, 11) is 0. The lowest BCUT2D eigenvalue weighted by atomic mass is 10.2. The van der Waals surface area contributed by atoms with Crippen molar-refractivity contribution in [2.75, 3.05) is 11.1 Å². The highest BCUT2D eigenvalue weighted by Gasteiger charge is 2.17. The Morgan fingerprint density at radius 1 is 1.53 bits per heavy atom. The summed E-state index contributed by atoms with van der Waals surface area (Å²) in [6.07, 6.45) is 0.709. The van der Waals surface area contributed by atoms with E-state index < -0.39 is 0 Å². The average molecular weight is 323 g/mol. The van der Waals surface area contributed by atoms with Gasteiger partial charge in [0.1, 0.15) is 0 Å². The number of H-pyrrole nitrogens is 1. The Hall–Kier alpha value is -1.82. The number of hydrogen-bond donors (Lipinski definition) is 3. The SMILES string of the molecule is CCc1[nH]nc(C(=O)Nc2ccc(C)cc2Br)c1N. The van der Waals surface area contributed by atoms with Crippen LogP contribution in [0.3, 0.4) is 0 Å². The summed E-state index contributed by atoms with van der Waals surface area (Å²) < 4.78 is 0.825. The van der Waals surface area contributed by atoms with Gasteiger partial charge in [0.25, 0.3) is 5.91 Å². The Labute approximate surface area is 119 Å². The molecule has 0 aliphatic carbocycles. The number of hydrogen-bond acceptors (Lipinski definition) is 3. The molecule has 0 unspecified atom stereocenters. The summed E-state index contributed by atoms with van der Waals surface area (Å²) in [5.74, 6) is -0.321. The molecular weight excluding hydrogens is 308 g/mol. The molecule has 0 fully saturated rings. The first-order valence-corrected chi connectivity index (χ1v) is 6.72. The zero-order valence-corrected chi connectivity index (χ0v) is 12.3. The van der Waals surface area contributed by atoms with Crippen LogP contribution in [-0.2, 0) is 6.42 Å². The van der Waals surface area contributed by atoms with Crippen LogP contribution in [0, 0.1) is 6.92 Å². The zero-order valence-electron chi connectivity index (χ0n) is 10.7. The minimum absolute atomic E-state index is 0.226. The number of nitrogens with two attached hydrogens (primary N) is 1. The van der Waals surface area contributed by atoms with Crippen LogP contribution >= 0.6 is 15.9 Å². The quantitative estimate of drug-likeness (QED) is 0.812. The fourth-order valence-electron chi connectivity index (χ4n) is 1.73. The predicted octanol–water partition coefficient (Wildman–Crippen LogP) is 2.88. The van der Waals surface area contributed by atoms with Gasteiger partial charge < -0.3 is 11.1 Å². The van der Waals surface area contributed by atoms with Gasteiger partial charge in [0.2, 0.25) is 0 Å². The largest absolute Gasteiger partial charge is 0.395 e. The van der Waals surface area contributed by atoms with E-state index in [1.165, 1.54) is 0 Å². The number of carbonyl (C=O) groups is 1. The first kappa shape index (κ1) is 13.6. The van der Waals surface area contributed by atoms with E-state index in [9.17, 15) is 4.79 Å². The Morgan fingerprint density at radius 3 is 2.84 bits per heavy atom. The van der Waals surface area contributed by atoms with Crippen molar-refractivity contribution in [2.24, 2.45) is 0 Å². The van der Waals surface area contributed by atoms with Gasteiger partial charge >= 0.3 is 0 Å². The molecular formula is C13H15BrN4O. The van der Waals surface area contributed by atoms with E-state index in [1.807, 2.05) is 32.0 Å². The smallest absolute Gasteiger partial charge is 0.278 e. The Morgan fingerprint density at radius 2 is 2.26 bits per heavy atom. The fraction of sp³-hybridized carbons (Fsp3) is 0.231. The van der Waals surface area contributed by atoms with E-state index in [2.05, 4.69) is 31.4 Å². The highest BCUT2D eigenvalue weighted by Crippen LogP contribution is 2.24. The molecule has 1 aromatic heterocycles. The molecule has 4 N–H and O–H groups in total. The summed E-state index contributed by atoms with van der Waals surface area (Å²) in [5.41, 5.74) is 9.07. The Kier molecular flexibility index (Phi) is 3.90. The van der Waals surface area contributed by atoms with E-state index in [0.717, 1.165) is 15.7 Å². The number of nitrogens with zero attached hydrogens (tertiary/aromatic N) is 1. The highest BCUT2D eigenvalue weighted by molar-refractivity contribution is 9.10. The standard InChI is InChI=1S/C13H15BrN4O/c1-3-9-11(15)12(18-17-9)13(19)16-10-5-4-7(2)6-8(10)14/h4-6H,3,15H2,1-2H3,(H,16,19)(H,17,18). The molecule has 0 aliphatic heterocycles. The van der Waals surface area contributed by atoms with E-state index in [0.29, 0.717) is 17.8 Å². The number of aryl methyl sites for hydroxylation is 2. The lowest BCUT2D eigenvalue weighted by molar-refractivity contribution is 0.102. The molecule has 2 aromatic rings. The molecule has 2 rings (SSSR count). The number of aromatic amines is 1. The Balaban J connectivity index is 2.23. The minimum atomic E-state index is -0.321. The third-order valence-electron chi connectivity index (χ3n) is 2.82. The van der Waals surface area contributed by atoms with Crippen molar-refractivity contribution in [3.8, 4) is 0 Å². The van der Waals surface area contributed by atoms with Crippen LogP contribution in [0.2, 0.25) is 0 Å². The molecule has 1 aromatic carbocycles. The van der Waals surface area contributed by atoms with E-state index >= 15 is 0 Å². The maximum atomic E-state index is 12.1. The number of amides is 1. The van der Waals surface area contributed by atoms with E-state index in [-0.39, 0.29) is 11.6 Å². The third kappa shape index (κ3) is 2.78. The number of nitrogen functional groups attached to an aromatic ring is 1. The second kappa shape index (κ2) is 5.44. The van der Waals surface area contributed by atoms with Gasteiger partial charge in [-0.2, -0.15) is 5.10 Å². The fourth-order valence-corrected chi connectivity index (χ4v) is 2.32. The molecule has 1 heterocycles.